The molecule has 2 aliphatic rings. The summed E-state index contributed by atoms with van der Waals surface area (Å²) < 4.78 is 12.0. The maximum atomic E-state index is 12.9. The van der Waals surface area contributed by atoms with E-state index in [1.54, 1.807) is 0 Å². The summed E-state index contributed by atoms with van der Waals surface area (Å²) in [5.41, 5.74) is 5.00. The van der Waals surface area contributed by atoms with Crippen LogP contribution in [-0.2, 0) is 19.5 Å². The first-order valence-corrected chi connectivity index (χ1v) is 10.3. The fourth-order valence-corrected chi connectivity index (χ4v) is 3.95. The molecule has 0 atom stereocenters. The number of hydrogen-bond donors (Lipinski definition) is 0. The van der Waals surface area contributed by atoms with E-state index in [2.05, 4.69) is 36.1 Å². The number of fused-ring (bicyclic) bond motifs is 3. The number of carbonyl (C=O) groups is 1. The molecule has 5 rings (SSSR count). The van der Waals surface area contributed by atoms with Crippen molar-refractivity contribution in [3.05, 3.63) is 100 Å². The van der Waals surface area contributed by atoms with Crippen molar-refractivity contribution < 1.29 is 14.3 Å². The highest BCUT2D eigenvalue weighted by Gasteiger charge is 2.33. The average Bonchev–Trinajstić information content (AvgIpc) is 3.11. The fourth-order valence-electron chi connectivity index (χ4n) is 3.95. The van der Waals surface area contributed by atoms with Crippen molar-refractivity contribution in [1.29, 1.82) is 0 Å². The normalized spacial score (nSPS) is 16.7. The predicted molar refractivity (Wildman–Crippen MR) is 116 cm³/mol. The zero-order chi connectivity index (χ0) is 20.5. The lowest BCUT2D eigenvalue weighted by atomic mass is 10.0. The molecule has 150 valence electrons. The number of Topliss-reactive ketones (excluding diaryl/α,β-unsaturated/α-hetero) is 1. The van der Waals surface area contributed by atoms with E-state index in [9.17, 15) is 4.79 Å². The molecular weight excluding hydrogens is 374 g/mol. The molecule has 2 heterocycles. The van der Waals surface area contributed by atoms with Crippen molar-refractivity contribution in [3.8, 4) is 11.5 Å². The summed E-state index contributed by atoms with van der Waals surface area (Å²) in [7, 11) is 0. The van der Waals surface area contributed by atoms with Crippen molar-refractivity contribution in [1.82, 2.24) is 4.90 Å². The largest absolute Gasteiger partial charge is 0.478 e. The first kappa shape index (κ1) is 18.6. The van der Waals surface area contributed by atoms with Crippen molar-refractivity contribution in [2.45, 2.75) is 26.4 Å². The molecule has 2 aliphatic heterocycles. The number of hydrogen-bond acceptors (Lipinski definition) is 4. The lowest BCUT2D eigenvalue weighted by Gasteiger charge is -2.29. The number of benzene rings is 3. The Balaban J connectivity index is 1.41. The molecule has 0 N–H and O–H groups in total. The number of ketones is 1. The Morgan fingerprint density at radius 1 is 0.967 bits per heavy atom. The van der Waals surface area contributed by atoms with Crippen LogP contribution in [0.2, 0.25) is 0 Å². The molecular formula is C26H23NO3. The molecule has 0 spiro atoms. The molecule has 30 heavy (non-hydrogen) atoms. The first-order chi connectivity index (χ1) is 14.7. The summed E-state index contributed by atoms with van der Waals surface area (Å²) >= 11 is 0. The quantitative estimate of drug-likeness (QED) is 0.566. The highest BCUT2D eigenvalue weighted by atomic mass is 16.5. The molecule has 4 nitrogen and oxygen atoms in total. The topological polar surface area (TPSA) is 38.8 Å². The highest BCUT2D eigenvalue weighted by Crippen LogP contribution is 2.42. The van der Waals surface area contributed by atoms with Crippen molar-refractivity contribution in [2.24, 2.45) is 0 Å². The van der Waals surface area contributed by atoms with Gasteiger partial charge in [-0.3, -0.25) is 9.69 Å². The Kier molecular flexibility index (Phi) is 4.85. The third kappa shape index (κ3) is 3.51. The number of ether oxygens (including phenoxy) is 2. The van der Waals surface area contributed by atoms with E-state index in [0.29, 0.717) is 30.3 Å². The second kappa shape index (κ2) is 7.81. The zero-order valence-corrected chi connectivity index (χ0v) is 16.9. The number of aryl methyl sites for hydroxylation is 1. The van der Waals surface area contributed by atoms with Crippen LogP contribution in [0.1, 0.15) is 39.5 Å². The van der Waals surface area contributed by atoms with E-state index >= 15 is 0 Å². The molecule has 0 unspecified atom stereocenters. The molecule has 0 fully saturated rings. The Bertz CT molecular complexity index is 1120. The molecule has 0 saturated carbocycles. The second-order valence-corrected chi connectivity index (χ2v) is 7.70. The van der Waals surface area contributed by atoms with Crippen LogP contribution in [-0.4, -0.2) is 17.4 Å². The molecule has 0 aliphatic carbocycles. The van der Waals surface area contributed by atoms with Gasteiger partial charge in [-0.2, -0.15) is 0 Å². The lowest BCUT2D eigenvalue weighted by molar-refractivity contribution is 0.0873. The third-order valence-electron chi connectivity index (χ3n) is 5.62. The van der Waals surface area contributed by atoms with E-state index in [4.69, 9.17) is 9.47 Å². The molecule has 3 aromatic rings. The monoisotopic (exact) mass is 397 g/mol. The van der Waals surface area contributed by atoms with Gasteiger partial charge >= 0.3 is 0 Å². The molecule has 0 amide bonds. The minimum Gasteiger partial charge on any atom is -0.478 e. The summed E-state index contributed by atoms with van der Waals surface area (Å²) in [6.07, 6.45) is 2.81. The first-order valence-electron chi connectivity index (χ1n) is 10.3. The van der Waals surface area contributed by atoms with Gasteiger partial charge in [-0.1, -0.05) is 61.5 Å². The lowest BCUT2D eigenvalue weighted by Crippen LogP contribution is -2.31. The fraction of sp³-hybridized carbons (Fsp3) is 0.192. The van der Waals surface area contributed by atoms with Crippen LogP contribution < -0.4 is 9.47 Å². The summed E-state index contributed by atoms with van der Waals surface area (Å²) in [5, 5.41) is 0. The van der Waals surface area contributed by atoms with Crippen molar-refractivity contribution in [2.75, 3.05) is 6.73 Å². The van der Waals surface area contributed by atoms with Crippen molar-refractivity contribution in [3.63, 3.8) is 0 Å². The van der Waals surface area contributed by atoms with Crippen LogP contribution in [0.25, 0.3) is 6.08 Å². The maximum absolute atomic E-state index is 12.9. The van der Waals surface area contributed by atoms with Crippen LogP contribution in [0.3, 0.4) is 0 Å². The average molecular weight is 397 g/mol. The van der Waals surface area contributed by atoms with E-state index in [0.717, 1.165) is 29.8 Å². The standard InChI is InChI=1S/C26H23NO3/c1-2-18-8-10-19(11-9-18)14-24-25(28)21-12-13-23-22(26(21)30-24)16-27(17-29-23)15-20-6-4-3-5-7-20/h3-14H,2,15-17H2,1H3/b24-14-. The molecule has 0 saturated heterocycles. The van der Waals surface area contributed by atoms with Crippen LogP contribution in [0.5, 0.6) is 11.5 Å². The third-order valence-corrected chi connectivity index (χ3v) is 5.62. The minimum atomic E-state index is -0.0763. The van der Waals surface area contributed by atoms with Gasteiger partial charge in [-0.25, -0.2) is 0 Å². The van der Waals surface area contributed by atoms with Gasteiger partial charge in [-0.15, -0.1) is 0 Å². The summed E-state index contributed by atoms with van der Waals surface area (Å²) in [6.45, 7) is 4.10. The van der Waals surface area contributed by atoms with E-state index < -0.39 is 0 Å². The van der Waals surface area contributed by atoms with Gasteiger partial charge in [0, 0.05) is 13.1 Å². The molecule has 0 radical (unpaired) electrons. The summed E-state index contributed by atoms with van der Waals surface area (Å²) in [5.74, 6) is 1.71. The number of rotatable bonds is 4. The van der Waals surface area contributed by atoms with Crippen LogP contribution in [0.15, 0.2) is 72.5 Å². The molecule has 3 aromatic carbocycles. The van der Waals surface area contributed by atoms with Gasteiger partial charge in [0.1, 0.15) is 18.2 Å². The van der Waals surface area contributed by atoms with Crippen molar-refractivity contribution >= 4 is 11.9 Å². The Hall–Kier alpha value is -3.37. The van der Waals surface area contributed by atoms with Crippen LogP contribution >= 0.6 is 0 Å². The highest BCUT2D eigenvalue weighted by molar-refractivity contribution is 6.15. The van der Waals surface area contributed by atoms with E-state index in [1.165, 1.54) is 11.1 Å². The minimum absolute atomic E-state index is 0.0763. The van der Waals surface area contributed by atoms with Gasteiger partial charge in [0.15, 0.2) is 5.76 Å². The molecule has 4 heteroatoms. The second-order valence-electron chi connectivity index (χ2n) is 7.70. The van der Waals surface area contributed by atoms with Gasteiger partial charge in [0.05, 0.1) is 11.1 Å². The predicted octanol–water partition coefficient (Wildman–Crippen LogP) is 5.22. The van der Waals surface area contributed by atoms with Gasteiger partial charge in [0.25, 0.3) is 0 Å². The van der Waals surface area contributed by atoms with Gasteiger partial charge in [0.2, 0.25) is 5.78 Å². The Labute approximate surface area is 176 Å². The summed E-state index contributed by atoms with van der Waals surface area (Å²) in [4.78, 5) is 15.1. The smallest absolute Gasteiger partial charge is 0.231 e. The Morgan fingerprint density at radius 3 is 2.53 bits per heavy atom. The van der Waals surface area contributed by atoms with Crippen LogP contribution in [0, 0.1) is 0 Å². The number of allylic oxidation sites excluding steroid dienone is 1. The SMILES string of the molecule is CCc1ccc(/C=C2\Oc3c(ccc4c3CN(Cc3ccccc3)CO4)C2=O)cc1. The Morgan fingerprint density at radius 2 is 1.77 bits per heavy atom. The van der Waals surface area contributed by atoms with E-state index in [1.807, 2.05) is 48.5 Å². The number of carbonyl (C=O) groups excluding carboxylic acids is 1. The van der Waals surface area contributed by atoms with Gasteiger partial charge in [-0.05, 0) is 41.3 Å². The van der Waals surface area contributed by atoms with E-state index in [-0.39, 0.29) is 5.78 Å². The maximum Gasteiger partial charge on any atom is 0.231 e. The number of nitrogens with zero attached hydrogens (tertiary/aromatic N) is 1. The van der Waals surface area contributed by atoms with Gasteiger partial charge < -0.3 is 9.47 Å². The zero-order valence-electron chi connectivity index (χ0n) is 16.9. The molecule has 0 aromatic heterocycles. The summed E-state index contributed by atoms with van der Waals surface area (Å²) in [6, 6.07) is 22.2. The molecule has 0 bridgehead atoms. The van der Waals surface area contributed by atoms with Crippen LogP contribution in [0.4, 0.5) is 0 Å².